The standard InChI is InChI=1S/C16H6Cl2O4/c17-15(21)11-12(16(18)22)14(20)10-6-8-4-2-1-3-7(8)5-9(10)13(11)19/h1-6H. The van der Waals surface area contributed by atoms with Crippen LogP contribution in [0.25, 0.3) is 10.8 Å². The summed E-state index contributed by atoms with van der Waals surface area (Å²) >= 11 is 10.7. The van der Waals surface area contributed by atoms with Crippen LogP contribution < -0.4 is 0 Å². The quantitative estimate of drug-likeness (QED) is 0.626. The maximum absolute atomic E-state index is 12.4. The Morgan fingerprint density at radius 1 is 0.727 bits per heavy atom. The Bertz CT molecular complexity index is 850. The number of halogens is 2. The minimum Gasteiger partial charge on any atom is -0.288 e. The van der Waals surface area contributed by atoms with Crippen LogP contribution in [0.2, 0.25) is 0 Å². The predicted molar refractivity (Wildman–Crippen MR) is 81.4 cm³/mol. The van der Waals surface area contributed by atoms with E-state index in [1.165, 1.54) is 12.1 Å². The van der Waals surface area contributed by atoms with Crippen LogP contribution in [0, 0.1) is 0 Å². The van der Waals surface area contributed by atoms with E-state index in [0.29, 0.717) is 0 Å². The number of fused-ring (bicyclic) bond motifs is 2. The number of ketones is 2. The lowest BCUT2D eigenvalue weighted by Gasteiger charge is -2.17. The molecule has 0 saturated carbocycles. The topological polar surface area (TPSA) is 68.3 Å². The third kappa shape index (κ3) is 2.08. The number of allylic oxidation sites excluding steroid dienone is 2. The van der Waals surface area contributed by atoms with Gasteiger partial charge >= 0.3 is 0 Å². The van der Waals surface area contributed by atoms with Gasteiger partial charge in [-0.25, -0.2) is 0 Å². The first kappa shape index (κ1) is 14.6. The van der Waals surface area contributed by atoms with Gasteiger partial charge in [0.1, 0.15) is 0 Å². The zero-order chi connectivity index (χ0) is 16.0. The second kappa shape index (κ2) is 5.16. The molecule has 0 unspecified atom stereocenters. The maximum atomic E-state index is 12.4. The van der Waals surface area contributed by atoms with Gasteiger partial charge in [-0.2, -0.15) is 0 Å². The van der Waals surface area contributed by atoms with Crippen molar-refractivity contribution in [2.45, 2.75) is 0 Å². The molecule has 0 radical (unpaired) electrons. The molecular weight excluding hydrogens is 327 g/mol. The summed E-state index contributed by atoms with van der Waals surface area (Å²) in [4.78, 5) is 47.8. The largest absolute Gasteiger partial charge is 0.288 e. The number of carbonyl (C=O) groups is 4. The van der Waals surface area contributed by atoms with Gasteiger partial charge in [-0.05, 0) is 46.1 Å². The molecule has 2 aromatic carbocycles. The molecular formula is C16H6Cl2O4. The highest BCUT2D eigenvalue weighted by molar-refractivity contribution is 6.77. The third-order valence-corrected chi connectivity index (χ3v) is 3.85. The average molecular weight is 333 g/mol. The highest BCUT2D eigenvalue weighted by atomic mass is 35.5. The molecule has 0 saturated heterocycles. The molecule has 108 valence electrons. The van der Waals surface area contributed by atoms with Crippen LogP contribution in [0.15, 0.2) is 47.5 Å². The van der Waals surface area contributed by atoms with Gasteiger partial charge in [0.2, 0.25) is 0 Å². The Morgan fingerprint density at radius 3 is 1.41 bits per heavy atom. The Kier molecular flexibility index (Phi) is 3.43. The number of hydrogen-bond acceptors (Lipinski definition) is 4. The zero-order valence-corrected chi connectivity index (χ0v) is 12.4. The Balaban J connectivity index is 2.37. The Morgan fingerprint density at radius 2 is 1.09 bits per heavy atom. The molecule has 0 heterocycles. The van der Waals surface area contributed by atoms with Gasteiger partial charge in [0.25, 0.3) is 10.5 Å². The highest BCUT2D eigenvalue weighted by Crippen LogP contribution is 2.31. The van der Waals surface area contributed by atoms with E-state index in [4.69, 9.17) is 23.2 Å². The van der Waals surface area contributed by atoms with E-state index in [1.54, 1.807) is 24.3 Å². The maximum Gasteiger partial charge on any atom is 0.257 e. The fraction of sp³-hybridized carbons (Fsp3) is 0. The molecule has 1 aliphatic carbocycles. The molecule has 0 amide bonds. The fourth-order valence-corrected chi connectivity index (χ4v) is 2.85. The summed E-state index contributed by atoms with van der Waals surface area (Å²) in [5.41, 5.74) is -1.27. The van der Waals surface area contributed by atoms with Crippen LogP contribution in [-0.4, -0.2) is 22.1 Å². The lowest BCUT2D eigenvalue weighted by Crippen LogP contribution is -2.27. The normalized spacial score (nSPS) is 14.3. The van der Waals surface area contributed by atoms with E-state index in [2.05, 4.69) is 0 Å². The number of carbonyl (C=O) groups excluding carboxylic acids is 4. The van der Waals surface area contributed by atoms with Crippen molar-refractivity contribution < 1.29 is 19.2 Å². The van der Waals surface area contributed by atoms with Gasteiger partial charge in [0, 0.05) is 11.1 Å². The predicted octanol–water partition coefficient (Wildman–Crippen LogP) is 3.05. The second-order valence-electron chi connectivity index (χ2n) is 4.70. The van der Waals surface area contributed by atoms with Gasteiger partial charge < -0.3 is 0 Å². The van der Waals surface area contributed by atoms with Gasteiger partial charge in [0.05, 0.1) is 11.1 Å². The summed E-state index contributed by atoms with van der Waals surface area (Å²) in [6.07, 6.45) is 0. The van der Waals surface area contributed by atoms with Crippen LogP contribution in [0.4, 0.5) is 0 Å². The molecule has 3 rings (SSSR count). The SMILES string of the molecule is O=C(Cl)C1=C(C(=O)Cl)C(=O)c2cc3ccccc3cc2C1=O. The molecule has 0 atom stereocenters. The van der Waals surface area contributed by atoms with Crippen molar-refractivity contribution in [3.05, 3.63) is 58.7 Å². The van der Waals surface area contributed by atoms with Crippen LogP contribution in [0.3, 0.4) is 0 Å². The molecule has 4 nitrogen and oxygen atoms in total. The summed E-state index contributed by atoms with van der Waals surface area (Å²) in [6, 6.07) is 10.1. The number of Topliss-reactive ketones (excluding diaryl/α,β-unsaturated/α-hetero) is 2. The van der Waals surface area contributed by atoms with Crippen LogP contribution in [0.5, 0.6) is 0 Å². The van der Waals surface area contributed by atoms with E-state index >= 15 is 0 Å². The molecule has 0 aliphatic heterocycles. The van der Waals surface area contributed by atoms with Gasteiger partial charge in [-0.1, -0.05) is 24.3 Å². The first-order valence-electron chi connectivity index (χ1n) is 6.18. The molecule has 6 heteroatoms. The first-order chi connectivity index (χ1) is 10.4. The summed E-state index contributed by atoms with van der Waals surface area (Å²) in [6.45, 7) is 0. The van der Waals surface area contributed by atoms with Crippen LogP contribution in [-0.2, 0) is 9.59 Å². The molecule has 0 spiro atoms. The van der Waals surface area contributed by atoms with Crippen molar-refractivity contribution in [2.24, 2.45) is 0 Å². The van der Waals surface area contributed by atoms with E-state index in [-0.39, 0.29) is 11.1 Å². The smallest absolute Gasteiger partial charge is 0.257 e. The average Bonchev–Trinajstić information content (AvgIpc) is 2.48. The molecule has 0 aromatic heterocycles. The zero-order valence-electron chi connectivity index (χ0n) is 10.9. The van der Waals surface area contributed by atoms with Crippen molar-refractivity contribution in [3.8, 4) is 0 Å². The highest BCUT2D eigenvalue weighted by Gasteiger charge is 2.38. The van der Waals surface area contributed by atoms with E-state index in [9.17, 15) is 19.2 Å². The van der Waals surface area contributed by atoms with Crippen molar-refractivity contribution in [1.29, 1.82) is 0 Å². The van der Waals surface area contributed by atoms with E-state index in [1.807, 2.05) is 0 Å². The Hall–Kier alpha value is -2.30. The summed E-state index contributed by atoms with van der Waals surface area (Å²) in [5, 5.41) is -0.906. The second-order valence-corrected chi connectivity index (χ2v) is 5.39. The third-order valence-electron chi connectivity index (χ3n) is 3.47. The minimum absolute atomic E-state index is 0.0365. The van der Waals surface area contributed by atoms with Crippen molar-refractivity contribution >= 4 is 56.0 Å². The molecule has 22 heavy (non-hydrogen) atoms. The summed E-state index contributed by atoms with van der Waals surface area (Å²) in [5.74, 6) is -1.55. The summed E-state index contributed by atoms with van der Waals surface area (Å²) < 4.78 is 0. The monoisotopic (exact) mass is 332 g/mol. The van der Waals surface area contributed by atoms with E-state index in [0.717, 1.165) is 10.8 Å². The van der Waals surface area contributed by atoms with Gasteiger partial charge in [0.15, 0.2) is 11.6 Å². The molecule has 0 fully saturated rings. The molecule has 2 aromatic rings. The first-order valence-corrected chi connectivity index (χ1v) is 6.93. The Labute approximate surface area is 134 Å². The molecule has 0 bridgehead atoms. The van der Waals surface area contributed by atoms with Gasteiger partial charge in [-0.3, -0.25) is 19.2 Å². The fourth-order valence-electron chi connectivity index (χ4n) is 2.49. The lowest BCUT2D eigenvalue weighted by molar-refractivity contribution is -0.110. The van der Waals surface area contributed by atoms with Crippen molar-refractivity contribution in [3.63, 3.8) is 0 Å². The minimum atomic E-state index is -1.18. The molecule has 1 aliphatic rings. The van der Waals surface area contributed by atoms with Crippen LogP contribution >= 0.6 is 23.2 Å². The summed E-state index contributed by atoms with van der Waals surface area (Å²) in [7, 11) is 0. The van der Waals surface area contributed by atoms with E-state index < -0.39 is 33.2 Å². The number of hydrogen-bond donors (Lipinski definition) is 0. The van der Waals surface area contributed by atoms with Crippen molar-refractivity contribution in [1.82, 2.24) is 0 Å². The lowest BCUT2D eigenvalue weighted by atomic mass is 9.83. The number of benzene rings is 2. The van der Waals surface area contributed by atoms with Crippen molar-refractivity contribution in [2.75, 3.05) is 0 Å². The van der Waals surface area contributed by atoms with Gasteiger partial charge in [-0.15, -0.1) is 0 Å². The number of rotatable bonds is 2. The van der Waals surface area contributed by atoms with Crippen LogP contribution in [0.1, 0.15) is 20.7 Å². The molecule has 0 N–H and O–H groups in total.